The molecule has 0 amide bonds. The third kappa shape index (κ3) is 18.7. The molecule has 0 aromatic rings. The van der Waals surface area contributed by atoms with Crippen LogP contribution in [0, 0.1) is 0 Å². The molecule has 0 aliphatic heterocycles. The van der Waals surface area contributed by atoms with Crippen molar-refractivity contribution in [1.82, 2.24) is 0 Å². The third-order valence-corrected chi connectivity index (χ3v) is 0.966. The second-order valence-corrected chi connectivity index (χ2v) is 1.72. The lowest BCUT2D eigenvalue weighted by molar-refractivity contribution is -0.00100. The normalized spacial score (nSPS) is 6.00. The second-order valence-electron chi connectivity index (χ2n) is 1.14. The van der Waals surface area contributed by atoms with Gasteiger partial charge in [0.15, 0.2) is 0 Å². The minimum absolute atomic E-state index is 0. The number of hydrogen-bond acceptors (Lipinski definition) is 0. The zero-order valence-electron chi connectivity index (χ0n) is 4.45. The fourth-order valence-electron chi connectivity index (χ4n) is 0.204. The molecule has 1 unspecified atom stereocenters. The molecule has 0 saturated carbocycles. The van der Waals surface area contributed by atoms with Crippen LogP contribution in [-0.4, -0.2) is 6.16 Å². The van der Waals surface area contributed by atoms with E-state index in [1.165, 1.54) is 19.0 Å². The van der Waals surface area contributed by atoms with E-state index in [-0.39, 0.29) is 34.0 Å². The third-order valence-electron chi connectivity index (χ3n) is 0.558. The van der Waals surface area contributed by atoms with Gasteiger partial charge in [0.25, 0.3) is 0 Å². The molecule has 7 heavy (non-hydrogen) atoms. The van der Waals surface area contributed by atoms with Crippen molar-refractivity contribution in [2.45, 2.75) is 19.8 Å². The van der Waals surface area contributed by atoms with Gasteiger partial charge < -0.3 is 34.0 Å². The molecule has 3 heteroatoms. The lowest BCUT2D eigenvalue weighted by Crippen LogP contribution is -3.00. The minimum Gasteiger partial charge on any atom is -1.00 e. The Kier molecular flexibility index (Phi) is 35.3. The van der Waals surface area contributed by atoms with Crippen LogP contribution in [0.5, 0.6) is 0 Å². The van der Waals surface area contributed by atoms with E-state index >= 15 is 0 Å². The molecule has 0 aromatic heterocycles. The topological polar surface area (TPSA) is 0 Å². The number of halogens is 2. The van der Waals surface area contributed by atoms with E-state index in [9.17, 15) is 0 Å². The summed E-state index contributed by atoms with van der Waals surface area (Å²) in [5, 5.41) is 0. The standard InChI is InChI=1S/C4H11P.2BrH/c1-2-3-4-5;;/h2-5H2,1H3;2*1H/p-2. The van der Waals surface area contributed by atoms with Crippen molar-refractivity contribution in [3.8, 4) is 0 Å². The largest absolute Gasteiger partial charge is 1.00 e. The lowest BCUT2D eigenvalue weighted by atomic mass is 10.4. The Hall–Kier alpha value is 1.39. The molecule has 0 aliphatic carbocycles. The van der Waals surface area contributed by atoms with E-state index < -0.39 is 0 Å². The molecular weight excluding hydrogens is 239 g/mol. The van der Waals surface area contributed by atoms with Crippen molar-refractivity contribution >= 4 is 9.24 Å². The van der Waals surface area contributed by atoms with Crippen LogP contribution in [0.4, 0.5) is 0 Å². The highest BCUT2D eigenvalue weighted by Gasteiger charge is 1.68. The van der Waals surface area contributed by atoms with Gasteiger partial charge in [0.2, 0.25) is 0 Å². The van der Waals surface area contributed by atoms with Gasteiger partial charge in [-0.15, -0.1) is 9.24 Å². The van der Waals surface area contributed by atoms with Crippen LogP contribution in [0.3, 0.4) is 0 Å². The van der Waals surface area contributed by atoms with Crippen molar-refractivity contribution in [1.29, 1.82) is 0 Å². The van der Waals surface area contributed by atoms with Crippen molar-refractivity contribution in [2.75, 3.05) is 6.16 Å². The first-order valence-corrected chi connectivity index (χ1v) is 2.93. The Morgan fingerprint density at radius 2 is 1.71 bits per heavy atom. The summed E-state index contributed by atoms with van der Waals surface area (Å²) in [5.74, 6) is 0. The average Bonchev–Trinajstić information content (AvgIpc) is 1.41. The van der Waals surface area contributed by atoms with Crippen molar-refractivity contribution < 1.29 is 34.0 Å². The number of hydrogen-bond donors (Lipinski definition) is 0. The van der Waals surface area contributed by atoms with E-state index in [2.05, 4.69) is 16.2 Å². The molecule has 0 aliphatic rings. The van der Waals surface area contributed by atoms with Gasteiger partial charge in [-0.1, -0.05) is 19.8 Å². The van der Waals surface area contributed by atoms with E-state index in [0.29, 0.717) is 0 Å². The average molecular weight is 250 g/mol. The summed E-state index contributed by atoms with van der Waals surface area (Å²) in [5.41, 5.74) is 0. The molecule has 0 radical (unpaired) electrons. The van der Waals surface area contributed by atoms with Gasteiger partial charge in [-0.25, -0.2) is 0 Å². The van der Waals surface area contributed by atoms with Crippen LogP contribution in [0.15, 0.2) is 0 Å². The van der Waals surface area contributed by atoms with Crippen molar-refractivity contribution in [2.24, 2.45) is 0 Å². The first kappa shape index (κ1) is 15.8. The Morgan fingerprint density at radius 1 is 1.29 bits per heavy atom. The predicted octanol–water partition coefficient (Wildman–Crippen LogP) is -4.33. The maximum Gasteiger partial charge on any atom is -0.0381 e. The molecule has 0 heterocycles. The van der Waals surface area contributed by atoms with Gasteiger partial charge in [-0.3, -0.25) is 0 Å². The van der Waals surface area contributed by atoms with Crippen LogP contribution in [0.1, 0.15) is 19.8 Å². The molecular formula is C4H11Br2P-2. The van der Waals surface area contributed by atoms with E-state index in [4.69, 9.17) is 0 Å². The van der Waals surface area contributed by atoms with E-state index in [1.54, 1.807) is 0 Å². The first-order valence-electron chi connectivity index (χ1n) is 2.12. The van der Waals surface area contributed by atoms with Gasteiger partial charge in [-0.2, -0.15) is 0 Å². The number of unbranched alkanes of at least 4 members (excludes halogenated alkanes) is 1. The van der Waals surface area contributed by atoms with E-state index in [0.717, 1.165) is 0 Å². The summed E-state index contributed by atoms with van der Waals surface area (Å²) < 4.78 is 0. The molecule has 0 saturated heterocycles. The SMILES string of the molecule is CCCCP.[Br-].[Br-]. The monoisotopic (exact) mass is 248 g/mol. The smallest absolute Gasteiger partial charge is 0.0381 e. The number of rotatable bonds is 2. The van der Waals surface area contributed by atoms with E-state index in [1.807, 2.05) is 0 Å². The summed E-state index contributed by atoms with van der Waals surface area (Å²) >= 11 is 0. The minimum atomic E-state index is 0. The van der Waals surface area contributed by atoms with Crippen molar-refractivity contribution in [3.05, 3.63) is 0 Å². The molecule has 0 N–H and O–H groups in total. The van der Waals surface area contributed by atoms with Gasteiger partial charge >= 0.3 is 0 Å². The molecule has 0 fully saturated rings. The molecule has 48 valence electrons. The Balaban J connectivity index is -0.0000000800. The van der Waals surface area contributed by atoms with Crippen LogP contribution < -0.4 is 34.0 Å². The quantitative estimate of drug-likeness (QED) is 0.435. The van der Waals surface area contributed by atoms with Crippen LogP contribution in [0.2, 0.25) is 0 Å². The highest BCUT2D eigenvalue weighted by molar-refractivity contribution is 7.16. The molecule has 0 bridgehead atoms. The zero-order valence-corrected chi connectivity index (χ0v) is 8.78. The first-order chi connectivity index (χ1) is 2.41. The summed E-state index contributed by atoms with van der Waals surface area (Å²) in [4.78, 5) is 0. The summed E-state index contributed by atoms with van der Waals surface area (Å²) in [6, 6.07) is 0. The Labute approximate surface area is 69.2 Å². The van der Waals surface area contributed by atoms with Gasteiger partial charge in [0, 0.05) is 0 Å². The molecule has 0 aromatic carbocycles. The molecule has 0 rings (SSSR count). The van der Waals surface area contributed by atoms with Crippen LogP contribution in [0.25, 0.3) is 0 Å². The zero-order chi connectivity index (χ0) is 4.12. The van der Waals surface area contributed by atoms with Crippen LogP contribution in [-0.2, 0) is 0 Å². The fraction of sp³-hybridized carbons (Fsp3) is 1.00. The summed E-state index contributed by atoms with van der Waals surface area (Å²) in [6.07, 6.45) is 3.94. The Morgan fingerprint density at radius 3 is 1.71 bits per heavy atom. The predicted molar refractivity (Wildman–Crippen MR) is 29.5 cm³/mol. The second kappa shape index (κ2) is 15.7. The summed E-state index contributed by atoms with van der Waals surface area (Å²) in [7, 11) is 2.70. The van der Waals surface area contributed by atoms with Gasteiger partial charge in [-0.05, 0) is 6.16 Å². The van der Waals surface area contributed by atoms with Gasteiger partial charge in [0.05, 0.1) is 0 Å². The summed E-state index contributed by atoms with van der Waals surface area (Å²) in [6.45, 7) is 2.20. The lowest BCUT2D eigenvalue weighted by Gasteiger charge is -1.79. The van der Waals surface area contributed by atoms with Crippen molar-refractivity contribution in [3.63, 3.8) is 0 Å². The maximum atomic E-state index is 2.70. The highest BCUT2D eigenvalue weighted by atomic mass is 79.9. The Bertz CT molecular complexity index is 17.2. The van der Waals surface area contributed by atoms with Crippen LogP contribution >= 0.6 is 9.24 Å². The molecule has 1 atom stereocenters. The maximum absolute atomic E-state index is 2.70. The van der Waals surface area contributed by atoms with Gasteiger partial charge in [0.1, 0.15) is 0 Å². The fourth-order valence-corrected chi connectivity index (χ4v) is 0.612. The molecule has 0 nitrogen and oxygen atoms in total. The highest BCUT2D eigenvalue weighted by Crippen LogP contribution is 1.89. The molecule has 0 spiro atoms.